The number of nitrogens with zero attached hydrogens (tertiary/aromatic N) is 4. The van der Waals surface area contributed by atoms with Crippen molar-refractivity contribution in [3.8, 4) is 5.75 Å². The number of methoxy groups -OCH3 is 1. The molecule has 2 aliphatic rings. The summed E-state index contributed by atoms with van der Waals surface area (Å²) >= 11 is 0. The van der Waals surface area contributed by atoms with Gasteiger partial charge < -0.3 is 28.6 Å². The zero-order chi connectivity index (χ0) is 29.1. The number of aromatic nitrogens is 4. The number of hydrogen-bond donors (Lipinski definition) is 1. The van der Waals surface area contributed by atoms with Gasteiger partial charge in [-0.3, -0.25) is 13.9 Å². The Bertz CT molecular complexity index is 1620. The Morgan fingerprint density at radius 2 is 1.88 bits per heavy atom. The van der Waals surface area contributed by atoms with Gasteiger partial charge in [0, 0.05) is 19.1 Å². The highest BCUT2D eigenvalue weighted by molar-refractivity contribution is 7.43. The molecule has 0 saturated carbocycles. The van der Waals surface area contributed by atoms with Crippen LogP contribution in [0.3, 0.4) is 0 Å². The predicted molar refractivity (Wildman–Crippen MR) is 145 cm³/mol. The van der Waals surface area contributed by atoms with Gasteiger partial charge in [0.25, 0.3) is 5.91 Å². The molecule has 1 unspecified atom stereocenters. The van der Waals surface area contributed by atoms with Crippen molar-refractivity contribution in [2.45, 2.75) is 24.9 Å². The number of carbonyl (C=O) groups excluding carboxylic acids is 3. The fourth-order valence-electron chi connectivity index (χ4n) is 4.51. The molecule has 2 aromatic heterocycles. The first-order chi connectivity index (χ1) is 20.5. The van der Waals surface area contributed by atoms with E-state index in [1.165, 1.54) is 19.8 Å². The van der Waals surface area contributed by atoms with Crippen molar-refractivity contribution in [3.05, 3.63) is 78.4 Å². The minimum atomic E-state index is -2.05. The molecule has 4 aromatic rings. The monoisotopic (exact) mass is 593 g/mol. The van der Waals surface area contributed by atoms with Crippen molar-refractivity contribution in [1.29, 1.82) is 0 Å². The van der Waals surface area contributed by atoms with Gasteiger partial charge in [0.05, 0.1) is 12.9 Å². The lowest BCUT2D eigenvalue weighted by Crippen LogP contribution is -2.32. The maximum absolute atomic E-state index is 12.7. The van der Waals surface area contributed by atoms with Crippen LogP contribution in [0.2, 0.25) is 0 Å². The summed E-state index contributed by atoms with van der Waals surface area (Å²) in [5, 5.41) is 2.77. The summed E-state index contributed by atoms with van der Waals surface area (Å²) in [7, 11) is -0.669. The van der Waals surface area contributed by atoms with Crippen molar-refractivity contribution < 1.29 is 42.2 Å². The summed E-state index contributed by atoms with van der Waals surface area (Å²) in [6, 6.07) is 15.4. The quantitative estimate of drug-likeness (QED) is 0.223. The zero-order valence-corrected chi connectivity index (χ0v) is 23.0. The van der Waals surface area contributed by atoms with Crippen LogP contribution < -0.4 is 9.84 Å². The van der Waals surface area contributed by atoms with Crippen molar-refractivity contribution in [2.24, 2.45) is 0 Å². The first-order valence-corrected chi connectivity index (χ1v) is 13.9. The number of esters is 1. The molecular formula is C27H24N5O9P. The van der Waals surface area contributed by atoms with E-state index in [2.05, 4.69) is 20.3 Å². The van der Waals surface area contributed by atoms with E-state index in [0.29, 0.717) is 28.0 Å². The van der Waals surface area contributed by atoms with Crippen LogP contribution in [0, 0.1) is 0 Å². The van der Waals surface area contributed by atoms with E-state index >= 15 is 0 Å². The molecule has 6 rings (SSSR count). The number of anilines is 1. The summed E-state index contributed by atoms with van der Waals surface area (Å²) in [6.45, 7) is -0.354. The molecule has 42 heavy (non-hydrogen) atoms. The van der Waals surface area contributed by atoms with Crippen LogP contribution in [0.4, 0.5) is 5.82 Å². The van der Waals surface area contributed by atoms with Gasteiger partial charge in [0.2, 0.25) is 0 Å². The molecule has 1 amide bonds. The largest absolute Gasteiger partial charge is 0.465 e. The van der Waals surface area contributed by atoms with Gasteiger partial charge in [0.15, 0.2) is 17.0 Å². The number of imidazole rings is 1. The SMILES string of the molecule is COCC(=O)O[C@H]1C[C@H](n2cnc3c(NC(=O)c4ccccc4)ncnc32)O[C@@H]1COP1OC(=O)c2ccccc2O1. The van der Waals surface area contributed by atoms with Crippen LogP contribution in [-0.2, 0) is 28.1 Å². The Morgan fingerprint density at radius 3 is 2.71 bits per heavy atom. The van der Waals surface area contributed by atoms with E-state index in [1.807, 2.05) is 6.07 Å². The third-order valence-corrected chi connectivity index (χ3v) is 7.46. The van der Waals surface area contributed by atoms with E-state index in [0.717, 1.165) is 0 Å². The molecule has 1 saturated heterocycles. The number of hydrogen-bond acceptors (Lipinski definition) is 12. The van der Waals surface area contributed by atoms with Crippen LogP contribution in [0.15, 0.2) is 67.3 Å². The van der Waals surface area contributed by atoms with E-state index in [4.69, 9.17) is 27.8 Å². The summed E-state index contributed by atoms with van der Waals surface area (Å²) < 4.78 is 35.2. The molecule has 14 nitrogen and oxygen atoms in total. The number of para-hydroxylation sites is 1. The van der Waals surface area contributed by atoms with Crippen molar-refractivity contribution in [1.82, 2.24) is 19.5 Å². The number of nitrogens with one attached hydrogen (secondary N) is 1. The highest BCUT2D eigenvalue weighted by Crippen LogP contribution is 2.47. The lowest BCUT2D eigenvalue weighted by molar-refractivity contribution is -0.157. The van der Waals surface area contributed by atoms with Gasteiger partial charge >= 0.3 is 20.5 Å². The zero-order valence-electron chi connectivity index (χ0n) is 22.1. The lowest BCUT2D eigenvalue weighted by atomic mass is 10.2. The Labute approximate surface area is 239 Å². The van der Waals surface area contributed by atoms with Gasteiger partial charge in [-0.05, 0) is 24.3 Å². The Balaban J connectivity index is 1.19. The maximum atomic E-state index is 12.7. The number of benzene rings is 2. The molecule has 216 valence electrons. The molecular weight excluding hydrogens is 569 g/mol. The molecule has 2 aliphatic heterocycles. The second kappa shape index (κ2) is 12.2. The van der Waals surface area contributed by atoms with E-state index in [1.54, 1.807) is 53.1 Å². The second-order valence-corrected chi connectivity index (χ2v) is 10.2. The van der Waals surface area contributed by atoms with Gasteiger partial charge in [-0.15, -0.1) is 0 Å². The first-order valence-electron chi connectivity index (χ1n) is 12.8. The van der Waals surface area contributed by atoms with Crippen LogP contribution in [0.1, 0.15) is 33.4 Å². The van der Waals surface area contributed by atoms with Crippen LogP contribution in [-0.4, -0.2) is 69.9 Å². The number of amides is 1. The van der Waals surface area contributed by atoms with Crippen LogP contribution >= 0.6 is 8.60 Å². The van der Waals surface area contributed by atoms with Crippen LogP contribution in [0.5, 0.6) is 5.75 Å². The molecule has 0 radical (unpaired) electrons. The first kappa shape index (κ1) is 27.7. The molecule has 0 bridgehead atoms. The van der Waals surface area contributed by atoms with Crippen LogP contribution in [0.25, 0.3) is 11.2 Å². The summed E-state index contributed by atoms with van der Waals surface area (Å²) in [5.74, 6) is -0.906. The highest BCUT2D eigenvalue weighted by atomic mass is 31.2. The molecule has 1 fully saturated rings. The summed E-state index contributed by atoms with van der Waals surface area (Å²) in [5.41, 5.74) is 1.51. The van der Waals surface area contributed by atoms with Gasteiger partial charge in [-0.1, -0.05) is 30.3 Å². The molecule has 1 N–H and O–H groups in total. The van der Waals surface area contributed by atoms with Gasteiger partial charge in [-0.2, -0.15) is 0 Å². The third-order valence-electron chi connectivity index (χ3n) is 6.44. The van der Waals surface area contributed by atoms with Gasteiger partial charge in [0.1, 0.15) is 42.7 Å². The minimum Gasteiger partial charge on any atom is -0.458 e. The predicted octanol–water partition coefficient (Wildman–Crippen LogP) is 3.42. The number of fused-ring (bicyclic) bond motifs is 2. The number of rotatable bonds is 9. The number of ether oxygens (including phenoxy) is 3. The highest BCUT2D eigenvalue weighted by Gasteiger charge is 2.41. The standard InChI is InChI=1S/C27H24N5O9P/c1-36-13-22(33)39-19-11-21(38-20(19)12-37-42-40-18-10-6-5-9-17(18)27(35)41-42)32-15-30-23-24(28-14-29-25(23)32)31-26(34)16-7-3-2-4-8-16/h2-10,14-15,19-21H,11-13H2,1H3,(H,28,29,31,34)/t19-,20+,21+,42?/m0/s1. The van der Waals surface area contributed by atoms with Crippen molar-refractivity contribution >= 4 is 43.4 Å². The second-order valence-electron chi connectivity index (χ2n) is 9.18. The number of carbonyl (C=O) groups is 3. The Hall–Kier alpha value is -4.49. The average molecular weight is 593 g/mol. The average Bonchev–Trinajstić information content (AvgIpc) is 3.61. The molecule has 0 aliphatic carbocycles. The minimum absolute atomic E-state index is 0.109. The fourth-order valence-corrected chi connectivity index (χ4v) is 5.47. The van der Waals surface area contributed by atoms with Gasteiger partial charge in [-0.25, -0.2) is 24.5 Å². The normalized spacial score (nSPS) is 21.3. The smallest absolute Gasteiger partial charge is 0.458 e. The van der Waals surface area contributed by atoms with Crippen molar-refractivity contribution in [2.75, 3.05) is 25.6 Å². The topological polar surface area (TPSA) is 162 Å². The summed E-state index contributed by atoms with van der Waals surface area (Å²) in [6.07, 6.45) is 0.881. The molecule has 2 aromatic carbocycles. The Morgan fingerprint density at radius 1 is 1.07 bits per heavy atom. The fraction of sp³-hybridized carbons (Fsp3) is 0.259. The Kier molecular flexibility index (Phi) is 8.02. The van der Waals surface area contributed by atoms with E-state index in [-0.39, 0.29) is 31.4 Å². The molecule has 0 spiro atoms. The van der Waals surface area contributed by atoms with E-state index in [9.17, 15) is 14.4 Å². The van der Waals surface area contributed by atoms with Crippen molar-refractivity contribution in [3.63, 3.8) is 0 Å². The molecule has 15 heteroatoms. The third kappa shape index (κ3) is 5.78. The molecule has 4 heterocycles. The lowest BCUT2D eigenvalue weighted by Gasteiger charge is -2.24. The summed E-state index contributed by atoms with van der Waals surface area (Å²) in [4.78, 5) is 50.3. The molecule has 4 atom stereocenters. The van der Waals surface area contributed by atoms with E-state index < -0.39 is 39.0 Å². The maximum Gasteiger partial charge on any atom is 0.465 e.